The summed E-state index contributed by atoms with van der Waals surface area (Å²) in [4.78, 5) is 36.3. The van der Waals surface area contributed by atoms with E-state index in [1.807, 2.05) is 19.9 Å². The van der Waals surface area contributed by atoms with Crippen LogP contribution in [-0.4, -0.2) is 28.5 Å². The van der Waals surface area contributed by atoms with Crippen LogP contribution < -0.4 is 4.90 Å². The van der Waals surface area contributed by atoms with Gasteiger partial charge < -0.3 is 10.0 Å². The molecule has 0 saturated heterocycles. The van der Waals surface area contributed by atoms with Crippen molar-refractivity contribution in [2.45, 2.75) is 26.7 Å². The van der Waals surface area contributed by atoms with Gasteiger partial charge in [0.25, 0.3) is 11.6 Å². The van der Waals surface area contributed by atoms with Crippen LogP contribution >= 0.6 is 0 Å². The summed E-state index contributed by atoms with van der Waals surface area (Å²) in [6.07, 6.45) is 1.64. The molecule has 26 heavy (non-hydrogen) atoms. The maximum atomic E-state index is 13.0. The highest BCUT2D eigenvalue weighted by Crippen LogP contribution is 2.32. The number of fused-ring (bicyclic) bond motifs is 1. The second-order valence-corrected chi connectivity index (χ2v) is 6.47. The van der Waals surface area contributed by atoms with Crippen molar-refractivity contribution < 1.29 is 19.6 Å². The lowest BCUT2D eigenvalue weighted by Crippen LogP contribution is -2.36. The van der Waals surface area contributed by atoms with Gasteiger partial charge in [-0.25, -0.2) is 4.79 Å². The highest BCUT2D eigenvalue weighted by molar-refractivity contribution is 6.08. The van der Waals surface area contributed by atoms with Gasteiger partial charge in [0, 0.05) is 29.9 Å². The summed E-state index contributed by atoms with van der Waals surface area (Å²) in [7, 11) is 0. The van der Waals surface area contributed by atoms with Crippen LogP contribution in [0.2, 0.25) is 0 Å². The van der Waals surface area contributed by atoms with Crippen LogP contribution in [0.25, 0.3) is 0 Å². The molecule has 0 aromatic heterocycles. The predicted molar refractivity (Wildman–Crippen MR) is 96.0 cm³/mol. The van der Waals surface area contributed by atoms with Gasteiger partial charge in [0.2, 0.25) is 0 Å². The second kappa shape index (κ2) is 6.59. The quantitative estimate of drug-likeness (QED) is 0.671. The molecule has 0 bridgehead atoms. The Labute approximate surface area is 150 Å². The molecule has 7 heteroatoms. The number of anilines is 1. The molecule has 2 aromatic rings. The number of hydrogen-bond donors (Lipinski definition) is 1. The topological polar surface area (TPSA) is 101 Å². The number of carbonyl (C=O) groups is 2. The van der Waals surface area contributed by atoms with Gasteiger partial charge >= 0.3 is 5.97 Å². The van der Waals surface area contributed by atoms with Crippen molar-refractivity contribution in [3.05, 3.63) is 68.3 Å². The maximum Gasteiger partial charge on any atom is 0.335 e. The van der Waals surface area contributed by atoms with E-state index in [0.29, 0.717) is 6.54 Å². The normalized spacial score (nSPS) is 13.2. The molecule has 0 unspecified atom stereocenters. The van der Waals surface area contributed by atoms with Crippen LogP contribution in [0.4, 0.5) is 11.4 Å². The van der Waals surface area contributed by atoms with Gasteiger partial charge in [-0.1, -0.05) is 6.07 Å². The van der Waals surface area contributed by atoms with Gasteiger partial charge in [0.05, 0.1) is 10.5 Å². The van der Waals surface area contributed by atoms with E-state index in [2.05, 4.69) is 6.07 Å². The Morgan fingerprint density at radius 3 is 2.46 bits per heavy atom. The van der Waals surface area contributed by atoms with Gasteiger partial charge in [0.1, 0.15) is 0 Å². The van der Waals surface area contributed by atoms with Gasteiger partial charge in [-0.05, 0) is 55.5 Å². The van der Waals surface area contributed by atoms with Crippen LogP contribution in [0.15, 0.2) is 30.3 Å². The van der Waals surface area contributed by atoms with E-state index < -0.39 is 22.5 Å². The highest BCUT2D eigenvalue weighted by atomic mass is 16.6. The average molecular weight is 354 g/mol. The number of nitro benzene ring substituents is 1. The van der Waals surface area contributed by atoms with Gasteiger partial charge in [-0.2, -0.15) is 0 Å². The summed E-state index contributed by atoms with van der Waals surface area (Å²) in [5.74, 6) is -1.74. The third kappa shape index (κ3) is 3.15. The van der Waals surface area contributed by atoms with Crippen LogP contribution in [0, 0.1) is 24.0 Å². The Kier molecular flexibility index (Phi) is 4.46. The van der Waals surface area contributed by atoms with Crippen LogP contribution in [0.1, 0.15) is 43.8 Å². The number of aromatic carboxylic acids is 1. The Morgan fingerprint density at radius 1 is 1.12 bits per heavy atom. The molecule has 0 spiro atoms. The molecule has 1 heterocycles. The molecule has 1 amide bonds. The Bertz CT molecular complexity index is 904. The molecule has 7 nitrogen and oxygen atoms in total. The molecule has 0 radical (unpaired) electrons. The number of nitrogens with zero attached hydrogens (tertiary/aromatic N) is 2. The highest BCUT2D eigenvalue weighted by Gasteiger charge is 2.27. The zero-order chi connectivity index (χ0) is 19.0. The first kappa shape index (κ1) is 17.6. The first-order chi connectivity index (χ1) is 12.3. The van der Waals surface area contributed by atoms with Crippen molar-refractivity contribution in [1.29, 1.82) is 0 Å². The van der Waals surface area contributed by atoms with Gasteiger partial charge in [-0.3, -0.25) is 14.9 Å². The number of carbonyl (C=O) groups excluding carboxylic acids is 1. The van der Waals surface area contributed by atoms with E-state index in [9.17, 15) is 24.8 Å². The lowest BCUT2D eigenvalue weighted by molar-refractivity contribution is -0.384. The third-order valence-corrected chi connectivity index (χ3v) is 4.56. The molecule has 2 aromatic carbocycles. The van der Waals surface area contributed by atoms with Crippen molar-refractivity contribution >= 4 is 23.3 Å². The van der Waals surface area contributed by atoms with Crippen molar-refractivity contribution in [1.82, 2.24) is 0 Å². The van der Waals surface area contributed by atoms with Crippen molar-refractivity contribution in [2.75, 3.05) is 11.4 Å². The third-order valence-electron chi connectivity index (χ3n) is 4.56. The summed E-state index contributed by atoms with van der Waals surface area (Å²) in [6.45, 7) is 4.43. The molecule has 0 fully saturated rings. The minimum Gasteiger partial charge on any atom is -0.478 e. The zero-order valence-electron chi connectivity index (χ0n) is 14.5. The number of non-ortho nitro benzene ring substituents is 1. The fraction of sp³-hybridized carbons (Fsp3) is 0.263. The molecule has 1 aliphatic heterocycles. The minimum atomic E-state index is -1.31. The zero-order valence-corrected chi connectivity index (χ0v) is 14.5. The smallest absolute Gasteiger partial charge is 0.335 e. The van der Waals surface area contributed by atoms with E-state index in [1.54, 1.807) is 4.90 Å². The minimum absolute atomic E-state index is 0.00334. The van der Waals surface area contributed by atoms with E-state index in [-0.39, 0.29) is 11.1 Å². The summed E-state index contributed by atoms with van der Waals surface area (Å²) in [5.41, 5.74) is 3.31. The lowest BCUT2D eigenvalue weighted by Gasteiger charge is -2.31. The SMILES string of the molecule is Cc1cc(C)c2c(c1)N(C(=O)c1cc(C(=O)O)cc([N+](=O)[O-])c1)CCC2. The fourth-order valence-electron chi connectivity index (χ4n) is 3.41. The molecule has 3 rings (SSSR count). The Morgan fingerprint density at radius 2 is 1.81 bits per heavy atom. The van der Waals surface area contributed by atoms with Crippen molar-refractivity contribution in [3.8, 4) is 0 Å². The first-order valence-corrected chi connectivity index (χ1v) is 8.22. The summed E-state index contributed by atoms with van der Waals surface area (Å²) >= 11 is 0. The van der Waals surface area contributed by atoms with Crippen LogP contribution in [0.3, 0.4) is 0 Å². The monoisotopic (exact) mass is 354 g/mol. The van der Waals surface area contributed by atoms with E-state index >= 15 is 0 Å². The molecule has 0 atom stereocenters. The lowest BCUT2D eigenvalue weighted by atomic mass is 9.94. The van der Waals surface area contributed by atoms with Crippen molar-refractivity contribution in [2.24, 2.45) is 0 Å². The molecule has 0 saturated carbocycles. The average Bonchev–Trinajstić information content (AvgIpc) is 2.60. The second-order valence-electron chi connectivity index (χ2n) is 6.47. The summed E-state index contributed by atoms with van der Waals surface area (Å²) in [6, 6.07) is 7.26. The number of rotatable bonds is 3. The number of amides is 1. The number of hydrogen-bond acceptors (Lipinski definition) is 4. The number of aryl methyl sites for hydroxylation is 2. The van der Waals surface area contributed by atoms with Crippen molar-refractivity contribution in [3.63, 3.8) is 0 Å². The van der Waals surface area contributed by atoms with Gasteiger partial charge in [-0.15, -0.1) is 0 Å². The number of carboxylic acid groups (broad SMARTS) is 1. The van der Waals surface area contributed by atoms with E-state index in [1.165, 1.54) is 6.07 Å². The Hall–Kier alpha value is -3.22. The molecular weight excluding hydrogens is 336 g/mol. The summed E-state index contributed by atoms with van der Waals surface area (Å²) < 4.78 is 0. The Balaban J connectivity index is 2.09. The molecular formula is C19H18N2O5. The van der Waals surface area contributed by atoms with Crippen LogP contribution in [0.5, 0.6) is 0 Å². The summed E-state index contributed by atoms with van der Waals surface area (Å²) in [5, 5.41) is 20.3. The first-order valence-electron chi connectivity index (χ1n) is 8.22. The fourth-order valence-corrected chi connectivity index (χ4v) is 3.41. The number of benzene rings is 2. The predicted octanol–water partition coefficient (Wildman–Crippen LogP) is 3.50. The number of nitro groups is 1. The van der Waals surface area contributed by atoms with E-state index in [0.717, 1.165) is 47.4 Å². The molecule has 134 valence electrons. The molecule has 1 aliphatic rings. The largest absolute Gasteiger partial charge is 0.478 e. The van der Waals surface area contributed by atoms with Crippen LogP contribution in [-0.2, 0) is 6.42 Å². The molecule has 0 aliphatic carbocycles. The molecule has 1 N–H and O–H groups in total. The number of carboxylic acids is 1. The maximum absolute atomic E-state index is 13.0. The van der Waals surface area contributed by atoms with E-state index in [4.69, 9.17) is 0 Å². The standard InChI is InChI=1S/C19H18N2O5/c1-11-6-12(2)16-4-3-5-20(17(16)7-11)18(22)13-8-14(19(23)24)10-15(9-13)21(25)26/h6-10H,3-5H2,1-2H3,(H,23,24). The van der Waals surface area contributed by atoms with Gasteiger partial charge in [0.15, 0.2) is 0 Å².